The van der Waals surface area contributed by atoms with Gasteiger partial charge in [0.1, 0.15) is 0 Å². The van der Waals surface area contributed by atoms with Crippen molar-refractivity contribution >= 4 is 11.6 Å². The number of carbonyl (C=O) groups excluding carboxylic acids is 1. The zero-order valence-corrected chi connectivity index (χ0v) is 9.64. The van der Waals surface area contributed by atoms with Gasteiger partial charge >= 0.3 is 0 Å². The quantitative estimate of drug-likeness (QED) is 0.606. The number of nitrogens with one attached hydrogen (secondary N) is 1. The van der Waals surface area contributed by atoms with E-state index in [4.69, 9.17) is 5.11 Å². The summed E-state index contributed by atoms with van der Waals surface area (Å²) in [5.41, 5.74) is -0.706. The van der Waals surface area contributed by atoms with Gasteiger partial charge in [0.05, 0.1) is 17.1 Å². The summed E-state index contributed by atoms with van der Waals surface area (Å²) in [4.78, 5) is 21.7. The Morgan fingerprint density at radius 2 is 2.18 bits per heavy atom. The van der Waals surface area contributed by atoms with Crippen molar-refractivity contribution in [3.05, 3.63) is 39.9 Å². The highest BCUT2D eigenvalue weighted by atomic mass is 16.6. The average Bonchev–Trinajstić information content (AvgIpc) is 2.28. The van der Waals surface area contributed by atoms with E-state index in [2.05, 4.69) is 5.32 Å². The molecule has 1 aromatic rings. The third-order valence-electron chi connectivity index (χ3n) is 2.17. The summed E-state index contributed by atoms with van der Waals surface area (Å²) in [6.45, 7) is 3.10. The Kier molecular flexibility index (Phi) is 3.80. The SMILES string of the molecule is CC(C)(CO)NC(=O)c1cccc([N+](=O)[O-])c1. The Morgan fingerprint density at radius 1 is 1.53 bits per heavy atom. The topological polar surface area (TPSA) is 92.5 Å². The smallest absolute Gasteiger partial charge is 0.270 e. The molecule has 0 atom stereocenters. The van der Waals surface area contributed by atoms with Crippen LogP contribution in [0.2, 0.25) is 0 Å². The van der Waals surface area contributed by atoms with E-state index >= 15 is 0 Å². The number of benzene rings is 1. The average molecular weight is 238 g/mol. The van der Waals surface area contributed by atoms with Crippen LogP contribution in [0.25, 0.3) is 0 Å². The lowest BCUT2D eigenvalue weighted by molar-refractivity contribution is -0.384. The number of aliphatic hydroxyl groups excluding tert-OH is 1. The number of rotatable bonds is 4. The molecule has 6 heteroatoms. The first-order chi connectivity index (χ1) is 7.85. The monoisotopic (exact) mass is 238 g/mol. The van der Waals surface area contributed by atoms with Crippen LogP contribution in [0.4, 0.5) is 5.69 Å². The minimum absolute atomic E-state index is 0.139. The highest BCUT2D eigenvalue weighted by Crippen LogP contribution is 2.13. The van der Waals surface area contributed by atoms with Crippen LogP contribution in [0.1, 0.15) is 24.2 Å². The number of carbonyl (C=O) groups is 1. The number of nitro benzene ring substituents is 1. The first kappa shape index (κ1) is 13.1. The molecule has 0 bridgehead atoms. The van der Waals surface area contributed by atoms with E-state index in [1.165, 1.54) is 24.3 Å². The molecule has 0 radical (unpaired) electrons. The van der Waals surface area contributed by atoms with Crippen molar-refractivity contribution in [2.45, 2.75) is 19.4 Å². The Hall–Kier alpha value is -1.95. The normalized spacial score (nSPS) is 11.0. The van der Waals surface area contributed by atoms with Gasteiger partial charge in [0.15, 0.2) is 0 Å². The molecule has 92 valence electrons. The van der Waals surface area contributed by atoms with Crippen molar-refractivity contribution in [1.82, 2.24) is 5.32 Å². The highest BCUT2D eigenvalue weighted by molar-refractivity contribution is 5.95. The Balaban J connectivity index is 2.90. The second-order valence-corrected chi connectivity index (χ2v) is 4.30. The molecule has 0 aliphatic heterocycles. The zero-order chi connectivity index (χ0) is 13.1. The summed E-state index contributed by atoms with van der Waals surface area (Å²) in [6.07, 6.45) is 0. The minimum atomic E-state index is -0.762. The van der Waals surface area contributed by atoms with Crippen LogP contribution in [0, 0.1) is 10.1 Å². The maximum Gasteiger partial charge on any atom is 0.270 e. The number of hydrogen-bond donors (Lipinski definition) is 2. The van der Waals surface area contributed by atoms with Crippen molar-refractivity contribution < 1.29 is 14.8 Å². The predicted molar refractivity (Wildman–Crippen MR) is 61.7 cm³/mol. The van der Waals surface area contributed by atoms with Gasteiger partial charge in [-0.3, -0.25) is 14.9 Å². The van der Waals surface area contributed by atoms with Crippen LogP contribution in [-0.4, -0.2) is 28.1 Å². The molecular formula is C11H14N2O4. The van der Waals surface area contributed by atoms with Gasteiger partial charge in [0, 0.05) is 17.7 Å². The van der Waals surface area contributed by atoms with Crippen molar-refractivity contribution in [2.75, 3.05) is 6.61 Å². The van der Waals surface area contributed by atoms with Gasteiger partial charge in [-0.2, -0.15) is 0 Å². The molecule has 0 heterocycles. The fourth-order valence-corrected chi connectivity index (χ4v) is 1.18. The number of nitro groups is 1. The molecule has 1 aromatic carbocycles. The minimum Gasteiger partial charge on any atom is -0.394 e. The van der Waals surface area contributed by atoms with E-state index in [-0.39, 0.29) is 17.9 Å². The van der Waals surface area contributed by atoms with Gasteiger partial charge in [-0.1, -0.05) is 6.07 Å². The third-order valence-corrected chi connectivity index (χ3v) is 2.17. The molecule has 2 N–H and O–H groups in total. The summed E-state index contributed by atoms with van der Waals surface area (Å²) < 4.78 is 0. The van der Waals surface area contributed by atoms with Gasteiger partial charge in [0.2, 0.25) is 0 Å². The van der Waals surface area contributed by atoms with Gasteiger partial charge < -0.3 is 10.4 Å². The second-order valence-electron chi connectivity index (χ2n) is 4.30. The lowest BCUT2D eigenvalue weighted by Crippen LogP contribution is -2.46. The van der Waals surface area contributed by atoms with Crippen molar-refractivity contribution in [3.8, 4) is 0 Å². The van der Waals surface area contributed by atoms with E-state index in [0.717, 1.165) is 0 Å². The first-order valence-electron chi connectivity index (χ1n) is 5.03. The lowest BCUT2D eigenvalue weighted by atomic mass is 10.1. The van der Waals surface area contributed by atoms with Crippen molar-refractivity contribution in [1.29, 1.82) is 0 Å². The van der Waals surface area contributed by atoms with Crippen LogP contribution in [0.3, 0.4) is 0 Å². The number of aliphatic hydroxyl groups is 1. The molecule has 0 unspecified atom stereocenters. The maximum atomic E-state index is 11.7. The molecule has 0 saturated carbocycles. The van der Waals surface area contributed by atoms with Crippen LogP contribution in [0.15, 0.2) is 24.3 Å². The van der Waals surface area contributed by atoms with Crippen LogP contribution in [-0.2, 0) is 0 Å². The summed E-state index contributed by atoms with van der Waals surface area (Å²) in [6, 6.07) is 5.44. The molecular weight excluding hydrogens is 224 g/mol. The van der Waals surface area contributed by atoms with Gasteiger partial charge in [-0.25, -0.2) is 0 Å². The standard InChI is InChI=1S/C11H14N2O4/c1-11(2,7-14)12-10(15)8-4-3-5-9(6-8)13(16)17/h3-6,14H,7H2,1-2H3,(H,12,15). The predicted octanol–water partition coefficient (Wildman–Crippen LogP) is 1.10. The Morgan fingerprint density at radius 3 is 2.71 bits per heavy atom. The van der Waals surface area contributed by atoms with Gasteiger partial charge in [0.25, 0.3) is 11.6 Å². The molecule has 1 amide bonds. The Bertz CT molecular complexity index is 443. The molecule has 6 nitrogen and oxygen atoms in total. The second kappa shape index (κ2) is 4.92. The third kappa shape index (κ3) is 3.53. The summed E-state index contributed by atoms with van der Waals surface area (Å²) >= 11 is 0. The molecule has 0 spiro atoms. The molecule has 0 aliphatic rings. The van der Waals surface area contributed by atoms with Crippen molar-refractivity contribution in [2.24, 2.45) is 0 Å². The summed E-state index contributed by atoms with van der Waals surface area (Å²) in [7, 11) is 0. The summed E-state index contributed by atoms with van der Waals surface area (Å²) in [5.74, 6) is -0.451. The van der Waals surface area contributed by atoms with E-state index in [1.807, 2.05) is 0 Å². The number of nitrogens with zero attached hydrogens (tertiary/aromatic N) is 1. The van der Waals surface area contributed by atoms with E-state index in [9.17, 15) is 14.9 Å². The molecule has 0 saturated heterocycles. The van der Waals surface area contributed by atoms with Crippen LogP contribution in [0.5, 0.6) is 0 Å². The molecule has 0 aliphatic carbocycles. The fourth-order valence-electron chi connectivity index (χ4n) is 1.18. The van der Waals surface area contributed by atoms with Crippen LogP contribution < -0.4 is 5.32 Å². The highest BCUT2D eigenvalue weighted by Gasteiger charge is 2.20. The maximum absolute atomic E-state index is 11.7. The number of amides is 1. The van der Waals surface area contributed by atoms with E-state index in [1.54, 1.807) is 13.8 Å². The van der Waals surface area contributed by atoms with Crippen molar-refractivity contribution in [3.63, 3.8) is 0 Å². The molecule has 0 fully saturated rings. The number of hydrogen-bond acceptors (Lipinski definition) is 4. The molecule has 1 rings (SSSR count). The summed E-state index contributed by atoms with van der Waals surface area (Å²) in [5, 5.41) is 22.1. The van der Waals surface area contributed by atoms with E-state index in [0.29, 0.717) is 0 Å². The van der Waals surface area contributed by atoms with Gasteiger partial charge in [-0.15, -0.1) is 0 Å². The van der Waals surface area contributed by atoms with E-state index < -0.39 is 16.4 Å². The Labute approximate surface area is 98.4 Å². The first-order valence-corrected chi connectivity index (χ1v) is 5.03. The van der Waals surface area contributed by atoms with Crippen LogP contribution >= 0.6 is 0 Å². The fraction of sp³-hybridized carbons (Fsp3) is 0.364. The van der Waals surface area contributed by atoms with Gasteiger partial charge in [-0.05, 0) is 19.9 Å². The molecule has 17 heavy (non-hydrogen) atoms. The zero-order valence-electron chi connectivity index (χ0n) is 9.64. The largest absolute Gasteiger partial charge is 0.394 e. The number of non-ortho nitro benzene ring substituents is 1. The lowest BCUT2D eigenvalue weighted by Gasteiger charge is -2.23. The molecule has 0 aromatic heterocycles.